The van der Waals surface area contributed by atoms with Gasteiger partial charge in [0.15, 0.2) is 0 Å². The van der Waals surface area contributed by atoms with E-state index in [0.29, 0.717) is 12.4 Å². The summed E-state index contributed by atoms with van der Waals surface area (Å²) in [4.78, 5) is 2.39. The molecule has 0 aromatic heterocycles. The van der Waals surface area contributed by atoms with Crippen molar-refractivity contribution in [2.75, 3.05) is 0 Å². The van der Waals surface area contributed by atoms with Crippen molar-refractivity contribution in [1.82, 2.24) is 4.83 Å². The third-order valence-electron chi connectivity index (χ3n) is 3.87. The lowest BCUT2D eigenvalue weighted by Crippen LogP contribution is -2.18. The summed E-state index contributed by atoms with van der Waals surface area (Å²) >= 11 is 3.44. The molecule has 5 nitrogen and oxygen atoms in total. The zero-order valence-electron chi connectivity index (χ0n) is 15.2. The topological polar surface area (TPSA) is 67.8 Å². The van der Waals surface area contributed by atoms with Gasteiger partial charge < -0.3 is 4.74 Å². The van der Waals surface area contributed by atoms with Crippen LogP contribution in [0, 0.1) is 6.92 Å². The van der Waals surface area contributed by atoms with Crippen molar-refractivity contribution in [3.05, 3.63) is 94.0 Å². The molecule has 7 heteroatoms. The third-order valence-corrected chi connectivity index (χ3v) is 5.60. The molecule has 0 heterocycles. The van der Waals surface area contributed by atoms with E-state index < -0.39 is 10.0 Å². The number of aryl methyl sites for hydroxylation is 1. The van der Waals surface area contributed by atoms with Crippen molar-refractivity contribution in [3.63, 3.8) is 0 Å². The maximum Gasteiger partial charge on any atom is 0.276 e. The van der Waals surface area contributed by atoms with Gasteiger partial charge in [-0.3, -0.25) is 0 Å². The zero-order valence-corrected chi connectivity index (χ0v) is 17.6. The number of nitrogens with zero attached hydrogens (tertiary/aromatic N) is 1. The average molecular weight is 459 g/mol. The standard InChI is InChI=1S/C21H19BrN2O3S/c1-16-8-10-21(11-9-16)28(25,26)24-23-14-17-4-3-7-20(13-17)27-15-18-5-2-6-19(22)12-18/h2-14,24H,15H2,1H3/b23-14+. The first kappa shape index (κ1) is 20.1. The van der Waals surface area contributed by atoms with Gasteiger partial charge >= 0.3 is 0 Å². The van der Waals surface area contributed by atoms with Crippen LogP contribution in [0.2, 0.25) is 0 Å². The summed E-state index contributed by atoms with van der Waals surface area (Å²) < 4.78 is 31.3. The molecule has 1 N–H and O–H groups in total. The van der Waals surface area contributed by atoms with Crippen LogP contribution in [0.3, 0.4) is 0 Å². The average Bonchev–Trinajstić information content (AvgIpc) is 2.67. The lowest BCUT2D eigenvalue weighted by Gasteiger charge is -2.07. The number of hydrazone groups is 1. The van der Waals surface area contributed by atoms with E-state index in [2.05, 4.69) is 25.9 Å². The van der Waals surface area contributed by atoms with Gasteiger partial charge in [-0.15, -0.1) is 0 Å². The van der Waals surface area contributed by atoms with Crippen molar-refractivity contribution in [3.8, 4) is 5.75 Å². The summed E-state index contributed by atoms with van der Waals surface area (Å²) in [5.41, 5.74) is 2.75. The summed E-state index contributed by atoms with van der Waals surface area (Å²) in [5.74, 6) is 0.672. The lowest BCUT2D eigenvalue weighted by atomic mass is 10.2. The normalized spacial score (nSPS) is 11.5. The maximum atomic E-state index is 12.2. The van der Waals surface area contributed by atoms with Gasteiger partial charge in [0.2, 0.25) is 0 Å². The Bertz CT molecular complexity index is 1080. The van der Waals surface area contributed by atoms with E-state index in [9.17, 15) is 8.42 Å². The zero-order chi connectivity index (χ0) is 20.0. The molecular formula is C21H19BrN2O3S. The Hall–Kier alpha value is -2.64. The van der Waals surface area contributed by atoms with Crippen LogP contribution in [0.15, 0.2) is 87.3 Å². The molecule has 0 aliphatic carbocycles. The number of benzene rings is 3. The first-order chi connectivity index (χ1) is 13.4. The van der Waals surface area contributed by atoms with Gasteiger partial charge in [-0.2, -0.15) is 13.5 Å². The molecule has 0 radical (unpaired) electrons. The van der Waals surface area contributed by atoms with E-state index in [1.807, 2.05) is 49.4 Å². The predicted molar refractivity (Wildman–Crippen MR) is 114 cm³/mol. The van der Waals surface area contributed by atoms with E-state index in [1.165, 1.54) is 6.21 Å². The number of rotatable bonds is 7. The molecule has 0 unspecified atom stereocenters. The molecule has 144 valence electrons. The minimum Gasteiger partial charge on any atom is -0.489 e. The molecule has 0 bridgehead atoms. The molecule has 0 fully saturated rings. The Morgan fingerprint density at radius 2 is 1.79 bits per heavy atom. The Labute approximate surface area is 173 Å². The van der Waals surface area contributed by atoms with E-state index >= 15 is 0 Å². The van der Waals surface area contributed by atoms with E-state index in [4.69, 9.17) is 4.74 Å². The highest BCUT2D eigenvalue weighted by Gasteiger charge is 2.11. The molecule has 3 rings (SSSR count). The van der Waals surface area contributed by atoms with Crippen LogP contribution >= 0.6 is 15.9 Å². The van der Waals surface area contributed by atoms with Crippen LogP contribution < -0.4 is 9.57 Å². The quantitative estimate of drug-likeness (QED) is 0.413. The maximum absolute atomic E-state index is 12.2. The highest BCUT2D eigenvalue weighted by Crippen LogP contribution is 2.17. The second-order valence-electron chi connectivity index (χ2n) is 6.16. The van der Waals surface area contributed by atoms with Gasteiger partial charge in [-0.1, -0.05) is 57.9 Å². The molecule has 0 atom stereocenters. The lowest BCUT2D eigenvalue weighted by molar-refractivity contribution is 0.306. The second kappa shape index (κ2) is 9.03. The molecule has 3 aromatic carbocycles. The first-order valence-electron chi connectivity index (χ1n) is 8.51. The fourth-order valence-corrected chi connectivity index (χ4v) is 3.66. The van der Waals surface area contributed by atoms with Gasteiger partial charge in [0, 0.05) is 4.47 Å². The molecule has 0 saturated heterocycles. The summed E-state index contributed by atoms with van der Waals surface area (Å²) in [6, 6.07) is 21.7. The Balaban J connectivity index is 1.63. The van der Waals surface area contributed by atoms with Crippen LogP contribution in [0.4, 0.5) is 0 Å². The summed E-state index contributed by atoms with van der Waals surface area (Å²) in [6.45, 7) is 2.33. The fraction of sp³-hybridized carbons (Fsp3) is 0.0952. The smallest absolute Gasteiger partial charge is 0.276 e. The van der Waals surface area contributed by atoms with E-state index in [-0.39, 0.29) is 4.90 Å². The fourth-order valence-electron chi connectivity index (χ4n) is 2.42. The molecule has 28 heavy (non-hydrogen) atoms. The Morgan fingerprint density at radius 3 is 2.54 bits per heavy atom. The molecular weight excluding hydrogens is 440 g/mol. The van der Waals surface area contributed by atoms with E-state index in [1.54, 1.807) is 30.3 Å². The predicted octanol–water partition coefficient (Wildman–Crippen LogP) is 4.65. The van der Waals surface area contributed by atoms with Crippen LogP contribution in [-0.2, 0) is 16.6 Å². The summed E-state index contributed by atoms with van der Waals surface area (Å²) in [7, 11) is -3.69. The van der Waals surface area contributed by atoms with Crippen molar-refractivity contribution >= 4 is 32.2 Å². The molecule has 0 aliphatic heterocycles. The molecule has 0 aliphatic rings. The van der Waals surface area contributed by atoms with Gasteiger partial charge in [0.1, 0.15) is 12.4 Å². The Kier molecular flexibility index (Phi) is 6.49. The summed E-state index contributed by atoms with van der Waals surface area (Å²) in [5, 5.41) is 3.86. The van der Waals surface area contributed by atoms with Crippen molar-refractivity contribution in [1.29, 1.82) is 0 Å². The highest BCUT2D eigenvalue weighted by atomic mass is 79.9. The highest BCUT2D eigenvalue weighted by molar-refractivity contribution is 9.10. The van der Waals surface area contributed by atoms with Gasteiger partial charge in [0.05, 0.1) is 11.1 Å². The van der Waals surface area contributed by atoms with Crippen LogP contribution in [0.1, 0.15) is 16.7 Å². The molecule has 0 amide bonds. The number of hydrogen-bond acceptors (Lipinski definition) is 4. The summed E-state index contributed by atoms with van der Waals surface area (Å²) in [6.07, 6.45) is 1.44. The van der Waals surface area contributed by atoms with Crippen molar-refractivity contribution in [2.45, 2.75) is 18.4 Å². The number of halogens is 1. The molecule has 0 spiro atoms. The SMILES string of the molecule is Cc1ccc(S(=O)(=O)N/N=C/c2cccc(OCc3cccc(Br)c3)c2)cc1. The second-order valence-corrected chi connectivity index (χ2v) is 8.73. The van der Waals surface area contributed by atoms with Crippen molar-refractivity contribution < 1.29 is 13.2 Å². The number of sulfonamides is 1. The Morgan fingerprint density at radius 1 is 1.04 bits per heavy atom. The van der Waals surface area contributed by atoms with Crippen LogP contribution in [-0.4, -0.2) is 14.6 Å². The van der Waals surface area contributed by atoms with E-state index in [0.717, 1.165) is 21.2 Å². The minimum absolute atomic E-state index is 0.168. The van der Waals surface area contributed by atoms with Crippen molar-refractivity contribution in [2.24, 2.45) is 5.10 Å². The minimum atomic E-state index is -3.69. The monoisotopic (exact) mass is 458 g/mol. The number of hydrogen-bond donors (Lipinski definition) is 1. The number of ether oxygens (including phenoxy) is 1. The molecule has 3 aromatic rings. The third kappa shape index (κ3) is 5.68. The first-order valence-corrected chi connectivity index (χ1v) is 10.8. The molecule has 0 saturated carbocycles. The van der Waals surface area contributed by atoms with Gasteiger partial charge in [0.25, 0.3) is 10.0 Å². The largest absolute Gasteiger partial charge is 0.489 e. The number of nitrogens with one attached hydrogen (secondary N) is 1. The van der Waals surface area contributed by atoms with Crippen LogP contribution in [0.25, 0.3) is 0 Å². The van der Waals surface area contributed by atoms with Crippen LogP contribution in [0.5, 0.6) is 5.75 Å². The van der Waals surface area contributed by atoms with Gasteiger partial charge in [-0.25, -0.2) is 4.83 Å². The van der Waals surface area contributed by atoms with Gasteiger partial charge in [-0.05, 0) is 54.4 Å².